The highest BCUT2D eigenvalue weighted by atomic mass is 79.9. The zero-order chi connectivity index (χ0) is 17.8. The topological polar surface area (TPSA) is 80.0 Å². The van der Waals surface area contributed by atoms with Gasteiger partial charge < -0.3 is 10.4 Å². The Kier molecular flexibility index (Phi) is 5.20. The molecule has 0 spiro atoms. The van der Waals surface area contributed by atoms with Crippen molar-refractivity contribution in [1.82, 2.24) is 15.0 Å². The van der Waals surface area contributed by atoms with Crippen molar-refractivity contribution in [1.29, 1.82) is 0 Å². The number of rotatable bonds is 5. The number of halogens is 2. The minimum Gasteiger partial charge on any atom is -0.386 e. The zero-order valence-corrected chi connectivity index (χ0v) is 14.5. The highest BCUT2D eigenvalue weighted by Crippen LogP contribution is 2.20. The fourth-order valence-corrected chi connectivity index (χ4v) is 2.56. The molecule has 8 heteroatoms. The number of aliphatic hydroxyl groups excluding tert-OH is 1. The number of aliphatic hydroxyl groups is 1. The second-order valence-electron chi connectivity index (χ2n) is 5.33. The van der Waals surface area contributed by atoms with E-state index in [1.165, 1.54) is 23.0 Å². The highest BCUT2D eigenvalue weighted by Gasteiger charge is 2.15. The second kappa shape index (κ2) is 7.54. The molecule has 0 aliphatic rings. The molecule has 0 aliphatic heterocycles. The minimum atomic E-state index is -0.775. The van der Waals surface area contributed by atoms with Crippen LogP contribution < -0.4 is 5.32 Å². The van der Waals surface area contributed by atoms with Gasteiger partial charge in [-0.2, -0.15) is 0 Å². The molecule has 0 radical (unpaired) electrons. The fraction of sp³-hybridized carbons (Fsp3) is 0.118. The van der Waals surface area contributed by atoms with Crippen molar-refractivity contribution in [2.45, 2.75) is 12.6 Å². The smallest absolute Gasteiger partial charge is 0.277 e. The van der Waals surface area contributed by atoms with E-state index in [0.29, 0.717) is 4.47 Å². The Morgan fingerprint density at radius 2 is 2.04 bits per heavy atom. The predicted octanol–water partition coefficient (Wildman–Crippen LogP) is 3.17. The van der Waals surface area contributed by atoms with Crippen LogP contribution in [0.15, 0.2) is 59.2 Å². The van der Waals surface area contributed by atoms with Gasteiger partial charge >= 0.3 is 0 Å². The van der Waals surface area contributed by atoms with Gasteiger partial charge in [0, 0.05) is 4.47 Å². The molecule has 1 aromatic heterocycles. The number of hydrogen-bond acceptors (Lipinski definition) is 4. The van der Waals surface area contributed by atoms with Gasteiger partial charge in [0.2, 0.25) is 0 Å². The third-order valence-corrected chi connectivity index (χ3v) is 3.99. The van der Waals surface area contributed by atoms with E-state index in [-0.39, 0.29) is 17.9 Å². The molecule has 128 valence electrons. The van der Waals surface area contributed by atoms with E-state index in [1.807, 2.05) is 18.2 Å². The van der Waals surface area contributed by atoms with Crippen molar-refractivity contribution in [3.05, 3.63) is 76.3 Å². The van der Waals surface area contributed by atoms with Gasteiger partial charge in [-0.1, -0.05) is 51.5 Å². The van der Waals surface area contributed by atoms with Crippen LogP contribution in [0.1, 0.15) is 22.2 Å². The number of nitrogens with zero attached hydrogens (tertiary/aromatic N) is 3. The maximum absolute atomic E-state index is 13.8. The monoisotopic (exact) mass is 404 g/mol. The first-order valence-electron chi connectivity index (χ1n) is 7.42. The van der Waals surface area contributed by atoms with Gasteiger partial charge in [0.1, 0.15) is 5.82 Å². The van der Waals surface area contributed by atoms with Crippen LogP contribution in [0.3, 0.4) is 0 Å². The molecule has 0 saturated carbocycles. The Balaban J connectivity index is 1.67. The number of nitrogens with one attached hydrogen (secondary N) is 1. The van der Waals surface area contributed by atoms with Crippen molar-refractivity contribution in [2.24, 2.45) is 0 Å². The molecule has 6 nitrogen and oxygen atoms in total. The fourth-order valence-electron chi connectivity index (χ4n) is 2.23. The third-order valence-electron chi connectivity index (χ3n) is 3.49. The lowest BCUT2D eigenvalue weighted by Gasteiger charge is -2.09. The van der Waals surface area contributed by atoms with E-state index >= 15 is 0 Å². The van der Waals surface area contributed by atoms with Gasteiger partial charge in [-0.15, -0.1) is 5.10 Å². The first-order chi connectivity index (χ1) is 12.0. The van der Waals surface area contributed by atoms with E-state index in [4.69, 9.17) is 0 Å². The number of anilines is 1. The largest absolute Gasteiger partial charge is 0.386 e. The van der Waals surface area contributed by atoms with Crippen molar-refractivity contribution in [3.8, 4) is 0 Å². The van der Waals surface area contributed by atoms with E-state index in [2.05, 4.69) is 31.6 Å². The van der Waals surface area contributed by atoms with Crippen molar-refractivity contribution in [3.63, 3.8) is 0 Å². The lowest BCUT2D eigenvalue weighted by atomic mass is 10.1. The van der Waals surface area contributed by atoms with Crippen LogP contribution >= 0.6 is 15.9 Å². The molecule has 0 saturated heterocycles. The molecule has 1 heterocycles. The molecular weight excluding hydrogens is 391 g/mol. The van der Waals surface area contributed by atoms with Crippen LogP contribution in [-0.4, -0.2) is 26.0 Å². The van der Waals surface area contributed by atoms with Gasteiger partial charge in [0.05, 0.1) is 24.5 Å². The van der Waals surface area contributed by atoms with Gasteiger partial charge in [-0.25, -0.2) is 9.07 Å². The third kappa shape index (κ3) is 4.28. The lowest BCUT2D eigenvalue weighted by molar-refractivity contribution is 0.102. The summed E-state index contributed by atoms with van der Waals surface area (Å²) in [5.41, 5.74) is 0.815. The molecule has 0 fully saturated rings. The van der Waals surface area contributed by atoms with Gasteiger partial charge in [0.15, 0.2) is 5.69 Å². The number of hydrogen-bond donors (Lipinski definition) is 2. The number of carbonyl (C=O) groups excluding carboxylic acids is 1. The summed E-state index contributed by atoms with van der Waals surface area (Å²) in [6.07, 6.45) is 0.626. The minimum absolute atomic E-state index is 0.0302. The average molecular weight is 405 g/mol. The Morgan fingerprint density at radius 1 is 1.28 bits per heavy atom. The Hall–Kier alpha value is -2.58. The standard InChI is InChI=1S/C17H14BrFN4O2/c18-12-6-7-14(13(19)8-12)20-17(25)15-9-23(22-21-15)10-16(24)11-4-2-1-3-5-11/h1-9,16,24H,10H2,(H,20,25)/t16-/m0/s1. The maximum Gasteiger partial charge on any atom is 0.277 e. The van der Waals surface area contributed by atoms with Crippen LogP contribution in [0, 0.1) is 5.82 Å². The summed E-state index contributed by atoms with van der Waals surface area (Å²) in [6.45, 7) is 0.150. The summed E-state index contributed by atoms with van der Waals surface area (Å²) in [6, 6.07) is 13.4. The average Bonchev–Trinajstić information content (AvgIpc) is 3.07. The molecule has 2 aromatic carbocycles. The van der Waals surface area contributed by atoms with Crippen LogP contribution in [0.4, 0.5) is 10.1 Å². The quantitative estimate of drug-likeness (QED) is 0.684. The van der Waals surface area contributed by atoms with Gasteiger partial charge in [-0.05, 0) is 23.8 Å². The first-order valence-corrected chi connectivity index (χ1v) is 8.22. The molecule has 0 unspecified atom stereocenters. The number of aromatic nitrogens is 3. The zero-order valence-electron chi connectivity index (χ0n) is 12.9. The van der Waals surface area contributed by atoms with Crippen molar-refractivity contribution in [2.75, 3.05) is 5.32 Å². The second-order valence-corrected chi connectivity index (χ2v) is 6.25. The lowest BCUT2D eigenvalue weighted by Crippen LogP contribution is -2.13. The van der Waals surface area contributed by atoms with Gasteiger partial charge in [-0.3, -0.25) is 4.79 Å². The summed E-state index contributed by atoms with van der Waals surface area (Å²) >= 11 is 3.15. The first kappa shape index (κ1) is 17.2. The molecular formula is C17H14BrFN4O2. The summed E-state index contributed by atoms with van der Waals surface area (Å²) < 4.78 is 15.7. The van der Waals surface area contributed by atoms with E-state index in [9.17, 15) is 14.3 Å². The Bertz CT molecular complexity index is 885. The molecule has 1 amide bonds. The number of amides is 1. The predicted molar refractivity (Wildman–Crippen MR) is 93.5 cm³/mol. The molecule has 25 heavy (non-hydrogen) atoms. The molecule has 2 N–H and O–H groups in total. The van der Waals surface area contributed by atoms with Crippen molar-refractivity contribution < 1.29 is 14.3 Å². The summed E-state index contributed by atoms with van der Waals surface area (Å²) in [5, 5.41) is 20.2. The Labute approximate surface area is 151 Å². The summed E-state index contributed by atoms with van der Waals surface area (Å²) in [7, 11) is 0. The van der Waals surface area contributed by atoms with Crippen LogP contribution in [0.25, 0.3) is 0 Å². The maximum atomic E-state index is 13.8. The Morgan fingerprint density at radius 3 is 2.76 bits per heavy atom. The highest BCUT2D eigenvalue weighted by molar-refractivity contribution is 9.10. The van der Waals surface area contributed by atoms with Crippen LogP contribution in [0.2, 0.25) is 0 Å². The van der Waals surface area contributed by atoms with E-state index in [0.717, 1.165) is 5.56 Å². The summed E-state index contributed by atoms with van der Waals surface area (Å²) in [5.74, 6) is -1.14. The molecule has 0 bridgehead atoms. The number of benzene rings is 2. The van der Waals surface area contributed by atoms with Crippen molar-refractivity contribution >= 4 is 27.5 Å². The number of carbonyl (C=O) groups is 1. The molecule has 1 atom stereocenters. The van der Waals surface area contributed by atoms with Gasteiger partial charge in [0.25, 0.3) is 5.91 Å². The van der Waals surface area contributed by atoms with Crippen LogP contribution in [-0.2, 0) is 6.54 Å². The van der Waals surface area contributed by atoms with E-state index < -0.39 is 17.8 Å². The molecule has 3 rings (SSSR count). The molecule has 3 aromatic rings. The molecule has 0 aliphatic carbocycles. The SMILES string of the molecule is O=C(Nc1ccc(Br)cc1F)c1cn(C[C@H](O)c2ccccc2)nn1. The van der Waals surface area contributed by atoms with E-state index in [1.54, 1.807) is 18.2 Å². The normalized spacial score (nSPS) is 12.0. The summed E-state index contributed by atoms with van der Waals surface area (Å²) in [4.78, 5) is 12.2. The van der Waals surface area contributed by atoms with Crippen LogP contribution in [0.5, 0.6) is 0 Å².